The topological polar surface area (TPSA) is 217 Å². The van der Waals surface area contributed by atoms with Crippen LogP contribution in [0.1, 0.15) is 146 Å². The van der Waals surface area contributed by atoms with Gasteiger partial charge in [0, 0.05) is 38.5 Å². The maximum Gasteiger partial charge on any atom is 0.306 e. The van der Waals surface area contributed by atoms with Crippen molar-refractivity contribution in [2.75, 3.05) is 19.6 Å². The van der Waals surface area contributed by atoms with Crippen LogP contribution in [0.2, 0.25) is 0 Å². The molecule has 0 aromatic rings. The Morgan fingerprint density at radius 1 is 0.358 bits per heavy atom. The molecule has 0 aliphatic rings. The van der Waals surface area contributed by atoms with Crippen molar-refractivity contribution in [3.63, 3.8) is 0 Å². The fourth-order valence-electron chi connectivity index (χ4n) is 4.64. The number of carbonyl (C=O) groups excluding carboxylic acids is 9. The molecule has 0 aromatic carbocycles. The van der Waals surface area contributed by atoms with Gasteiger partial charge in [0.05, 0.1) is 38.9 Å². The molecule has 3 amide bonds. The Kier molecular flexibility index (Phi) is 21.0. The summed E-state index contributed by atoms with van der Waals surface area (Å²) in [5.41, 5.74) is -2.72. The third-order valence-electron chi connectivity index (χ3n) is 7.40. The lowest BCUT2D eigenvalue weighted by molar-refractivity contribution is -0.156. The second kappa shape index (κ2) is 22.8. The van der Waals surface area contributed by atoms with E-state index in [4.69, 9.17) is 14.2 Å². The first-order valence-electron chi connectivity index (χ1n) is 18.2. The first-order chi connectivity index (χ1) is 24.2. The average Bonchev–Trinajstić information content (AvgIpc) is 3.01. The SMILES string of the molecule is CC(CCC(=O)CNC(=O)CCC(=O)OC(C)(C)C)(CCC(=O)CNC(=O)CCC(=O)OC(C)(C)C)CCC(=O)CNC(=O)CCC(=O)OC(C)(C)C. The van der Waals surface area contributed by atoms with Gasteiger partial charge in [0.2, 0.25) is 17.7 Å². The molecule has 0 aliphatic carbocycles. The second-order valence-corrected chi connectivity index (χ2v) is 16.5. The fourth-order valence-corrected chi connectivity index (χ4v) is 4.64. The van der Waals surface area contributed by atoms with Gasteiger partial charge in [-0.15, -0.1) is 0 Å². The van der Waals surface area contributed by atoms with Crippen molar-refractivity contribution in [1.82, 2.24) is 16.0 Å². The van der Waals surface area contributed by atoms with E-state index in [1.807, 2.05) is 6.92 Å². The number of rotatable bonds is 24. The van der Waals surface area contributed by atoms with Crippen molar-refractivity contribution >= 4 is 53.0 Å². The van der Waals surface area contributed by atoms with Crippen LogP contribution in [0, 0.1) is 5.41 Å². The molecule has 15 heteroatoms. The van der Waals surface area contributed by atoms with E-state index in [0.717, 1.165) is 0 Å². The molecule has 0 rings (SSSR count). The molecule has 0 bridgehead atoms. The molecule has 3 N–H and O–H groups in total. The van der Waals surface area contributed by atoms with Gasteiger partial charge in [-0.2, -0.15) is 0 Å². The Morgan fingerprint density at radius 3 is 0.792 bits per heavy atom. The zero-order valence-corrected chi connectivity index (χ0v) is 33.5. The monoisotopic (exact) mass is 753 g/mol. The van der Waals surface area contributed by atoms with Gasteiger partial charge in [-0.25, -0.2) is 0 Å². The molecule has 0 spiro atoms. The van der Waals surface area contributed by atoms with Crippen molar-refractivity contribution in [2.45, 2.75) is 163 Å². The maximum absolute atomic E-state index is 12.7. The van der Waals surface area contributed by atoms with Crippen LogP contribution < -0.4 is 16.0 Å². The highest BCUT2D eigenvalue weighted by atomic mass is 16.6. The molecular weight excluding hydrogens is 690 g/mol. The first-order valence-corrected chi connectivity index (χ1v) is 18.2. The predicted molar refractivity (Wildman–Crippen MR) is 195 cm³/mol. The van der Waals surface area contributed by atoms with Crippen molar-refractivity contribution in [2.24, 2.45) is 5.41 Å². The number of ketones is 3. The number of nitrogens with one attached hydrogen (secondary N) is 3. The average molecular weight is 754 g/mol. The predicted octanol–water partition coefficient (Wildman–Crippen LogP) is 3.75. The summed E-state index contributed by atoms with van der Waals surface area (Å²) < 4.78 is 15.5. The molecule has 53 heavy (non-hydrogen) atoms. The van der Waals surface area contributed by atoms with Crippen LogP contribution in [0.5, 0.6) is 0 Å². The number of Topliss-reactive ketones (excluding diaryl/α,β-unsaturated/α-hetero) is 3. The van der Waals surface area contributed by atoms with E-state index in [2.05, 4.69) is 16.0 Å². The van der Waals surface area contributed by atoms with Gasteiger partial charge in [-0.05, 0) is 87.0 Å². The summed E-state index contributed by atoms with van der Waals surface area (Å²) in [5.74, 6) is -3.88. The molecule has 15 nitrogen and oxygen atoms in total. The molecule has 0 unspecified atom stereocenters. The molecule has 0 heterocycles. The quantitative estimate of drug-likeness (QED) is 0.0949. The standard InChI is InChI=1S/C38H63N3O12/c1-35(2,3)51-32(48)14-11-29(45)39-23-26(42)17-20-38(10,21-18-27(43)24-40-30(46)12-15-33(49)52-36(4,5)6)22-19-28(44)25-41-31(47)13-16-34(50)53-37(7,8)9/h11-25H2,1-10H3,(H,39,45)(H,40,46)(H,41,47). The zero-order chi connectivity index (χ0) is 41.0. The first kappa shape index (κ1) is 48.8. The van der Waals surface area contributed by atoms with E-state index >= 15 is 0 Å². The van der Waals surface area contributed by atoms with Gasteiger partial charge in [-0.1, -0.05) is 6.92 Å². The molecule has 0 radical (unpaired) electrons. The van der Waals surface area contributed by atoms with Crippen molar-refractivity contribution in [1.29, 1.82) is 0 Å². The Balaban J connectivity index is 5.13. The molecule has 0 fully saturated rings. The summed E-state index contributed by atoms with van der Waals surface area (Å²) in [5, 5.41) is 7.52. The Bertz CT molecular complexity index is 1150. The highest BCUT2D eigenvalue weighted by Crippen LogP contribution is 2.35. The minimum absolute atomic E-state index is 0.0357. The molecule has 302 valence electrons. The summed E-state index contributed by atoms with van der Waals surface area (Å²) in [6, 6.07) is 0. The van der Waals surface area contributed by atoms with E-state index in [1.54, 1.807) is 62.3 Å². The van der Waals surface area contributed by atoms with Gasteiger partial charge in [0.25, 0.3) is 0 Å². The normalized spacial score (nSPS) is 11.9. The fraction of sp³-hybridized carbons (Fsp3) is 0.763. The van der Waals surface area contributed by atoms with Crippen molar-refractivity contribution in [3.8, 4) is 0 Å². The highest BCUT2D eigenvalue weighted by Gasteiger charge is 2.28. The van der Waals surface area contributed by atoms with Crippen molar-refractivity contribution in [3.05, 3.63) is 0 Å². The number of ether oxygens (including phenoxy) is 3. The number of amides is 3. The smallest absolute Gasteiger partial charge is 0.306 e. The molecule has 0 saturated heterocycles. The number of hydrogen-bond acceptors (Lipinski definition) is 12. The van der Waals surface area contributed by atoms with Gasteiger partial charge >= 0.3 is 17.9 Å². The van der Waals surface area contributed by atoms with Crippen molar-refractivity contribution < 1.29 is 57.4 Å². The summed E-state index contributed by atoms with van der Waals surface area (Å²) in [6.07, 6.45) is 0.136. The largest absolute Gasteiger partial charge is 0.460 e. The Morgan fingerprint density at radius 2 is 0.585 bits per heavy atom. The molecular formula is C38H63N3O12. The summed E-state index contributed by atoms with van der Waals surface area (Å²) in [6.45, 7) is 16.5. The van der Waals surface area contributed by atoms with Crippen LogP contribution in [-0.4, -0.2) is 89.4 Å². The van der Waals surface area contributed by atoms with E-state index in [0.29, 0.717) is 0 Å². The summed E-state index contributed by atoms with van der Waals surface area (Å²) >= 11 is 0. The highest BCUT2D eigenvalue weighted by molar-refractivity contribution is 5.89. The van der Waals surface area contributed by atoms with Crippen LogP contribution >= 0.6 is 0 Å². The summed E-state index contributed by atoms with van der Waals surface area (Å²) in [7, 11) is 0. The minimum atomic E-state index is -0.681. The van der Waals surface area contributed by atoms with Crippen LogP contribution in [0.25, 0.3) is 0 Å². The summed E-state index contributed by atoms with van der Waals surface area (Å²) in [4.78, 5) is 110. The lowest BCUT2D eigenvalue weighted by Crippen LogP contribution is -2.33. The van der Waals surface area contributed by atoms with Crippen LogP contribution in [0.3, 0.4) is 0 Å². The maximum atomic E-state index is 12.7. The van der Waals surface area contributed by atoms with E-state index < -0.39 is 57.8 Å². The molecule has 0 atom stereocenters. The Hall–Kier alpha value is -4.17. The lowest BCUT2D eigenvalue weighted by atomic mass is 9.76. The number of esters is 3. The zero-order valence-electron chi connectivity index (χ0n) is 33.5. The van der Waals surface area contributed by atoms with Crippen LogP contribution in [-0.2, 0) is 57.4 Å². The van der Waals surface area contributed by atoms with Gasteiger partial charge in [-0.3, -0.25) is 43.2 Å². The van der Waals surface area contributed by atoms with Crippen LogP contribution in [0.4, 0.5) is 0 Å². The third-order valence-corrected chi connectivity index (χ3v) is 7.40. The van der Waals surface area contributed by atoms with E-state index in [1.165, 1.54) is 0 Å². The molecule has 0 aromatic heterocycles. The number of hydrogen-bond donors (Lipinski definition) is 3. The van der Waals surface area contributed by atoms with Gasteiger partial charge in [0.15, 0.2) is 17.3 Å². The Labute approximate surface area is 314 Å². The third kappa shape index (κ3) is 29.0. The number of carbonyl (C=O) groups is 9. The van der Waals surface area contributed by atoms with Gasteiger partial charge in [0.1, 0.15) is 16.8 Å². The molecule has 0 saturated carbocycles. The van der Waals surface area contributed by atoms with E-state index in [9.17, 15) is 43.2 Å². The second-order valence-electron chi connectivity index (χ2n) is 16.5. The molecule has 0 aliphatic heterocycles. The minimum Gasteiger partial charge on any atom is -0.460 e. The van der Waals surface area contributed by atoms with E-state index in [-0.39, 0.29) is 114 Å². The lowest BCUT2D eigenvalue weighted by Gasteiger charge is -2.29. The van der Waals surface area contributed by atoms with Gasteiger partial charge < -0.3 is 30.2 Å². The van der Waals surface area contributed by atoms with Crippen LogP contribution in [0.15, 0.2) is 0 Å².